The zero-order valence-electron chi connectivity index (χ0n) is 11.7. The van der Waals surface area contributed by atoms with Gasteiger partial charge in [-0.2, -0.15) is 0 Å². The summed E-state index contributed by atoms with van der Waals surface area (Å²) in [5.41, 5.74) is 4.80. The van der Waals surface area contributed by atoms with Gasteiger partial charge in [0, 0.05) is 0 Å². The Balaban J connectivity index is 2.22. The summed E-state index contributed by atoms with van der Waals surface area (Å²) in [7, 11) is 3.87. The van der Waals surface area contributed by atoms with Gasteiger partial charge in [-0.15, -0.1) is 0 Å². The van der Waals surface area contributed by atoms with Crippen molar-refractivity contribution in [1.29, 1.82) is 0 Å². The van der Waals surface area contributed by atoms with Gasteiger partial charge < -0.3 is 0 Å². The molecule has 3 radical (unpaired) electrons. The van der Waals surface area contributed by atoms with E-state index in [4.69, 9.17) is 0 Å². The summed E-state index contributed by atoms with van der Waals surface area (Å²) in [6.07, 6.45) is 0. The highest BCUT2D eigenvalue weighted by molar-refractivity contribution is 6.47. The molecule has 0 fully saturated rings. The van der Waals surface area contributed by atoms with Crippen LogP contribution in [0.4, 0.5) is 0 Å². The number of hydrogen-bond donors (Lipinski definition) is 0. The Hall–Kier alpha value is -2.38. The standard InChI is InChI=1S/C20H15Si/c21-20(18-14-8-3-9-15-18)19(16-10-4-1-5-11-16)17-12-6-2-7-13-17/h1-15H. The van der Waals surface area contributed by atoms with E-state index >= 15 is 0 Å². The smallest absolute Gasteiger partial charge is 0.0622 e. The molecule has 0 heterocycles. The van der Waals surface area contributed by atoms with Crippen molar-refractivity contribution in [1.82, 2.24) is 0 Å². The second-order valence-corrected chi connectivity index (χ2v) is 5.35. The maximum absolute atomic E-state index is 3.87. The molecule has 3 aromatic carbocycles. The van der Waals surface area contributed by atoms with Crippen LogP contribution in [0.5, 0.6) is 0 Å². The van der Waals surface area contributed by atoms with Crippen LogP contribution in [-0.4, -0.2) is 10.2 Å². The van der Waals surface area contributed by atoms with Crippen molar-refractivity contribution in [3.05, 3.63) is 108 Å². The van der Waals surface area contributed by atoms with E-state index in [0.717, 1.165) is 5.20 Å². The molecule has 0 aliphatic rings. The molecule has 0 amide bonds. The first-order valence-corrected chi connectivity index (χ1v) is 7.48. The summed E-state index contributed by atoms with van der Waals surface area (Å²) >= 11 is 0. The summed E-state index contributed by atoms with van der Waals surface area (Å²) in [5.74, 6) is 0. The van der Waals surface area contributed by atoms with E-state index in [0.29, 0.717) is 0 Å². The van der Waals surface area contributed by atoms with Gasteiger partial charge in [0.25, 0.3) is 0 Å². The van der Waals surface area contributed by atoms with Crippen molar-refractivity contribution in [2.45, 2.75) is 0 Å². The average molecular weight is 283 g/mol. The van der Waals surface area contributed by atoms with Crippen LogP contribution in [0.3, 0.4) is 0 Å². The second-order valence-electron chi connectivity index (χ2n) is 4.85. The lowest BCUT2D eigenvalue weighted by Crippen LogP contribution is -1.94. The Morgan fingerprint density at radius 3 is 1.19 bits per heavy atom. The molecule has 0 bridgehead atoms. The predicted octanol–water partition coefficient (Wildman–Crippen LogP) is 4.77. The fraction of sp³-hybridized carbons (Fsp3) is 0. The summed E-state index contributed by atoms with van der Waals surface area (Å²) in [6, 6.07) is 31.3. The van der Waals surface area contributed by atoms with Crippen LogP contribution in [0.25, 0.3) is 10.8 Å². The normalized spacial score (nSPS) is 10.1. The molecule has 99 valence electrons. The summed E-state index contributed by atoms with van der Waals surface area (Å²) in [4.78, 5) is 0. The third-order valence-electron chi connectivity index (χ3n) is 3.44. The molecule has 0 aromatic heterocycles. The minimum Gasteiger partial charge on any atom is -0.0622 e. The third-order valence-corrected chi connectivity index (χ3v) is 3.98. The van der Waals surface area contributed by atoms with Crippen LogP contribution in [0.15, 0.2) is 91.0 Å². The van der Waals surface area contributed by atoms with Crippen LogP contribution in [0.2, 0.25) is 0 Å². The number of rotatable bonds is 3. The van der Waals surface area contributed by atoms with Gasteiger partial charge in [0.1, 0.15) is 0 Å². The van der Waals surface area contributed by atoms with E-state index in [1.807, 2.05) is 18.2 Å². The molecule has 0 atom stereocenters. The zero-order valence-corrected chi connectivity index (χ0v) is 12.7. The van der Waals surface area contributed by atoms with E-state index in [-0.39, 0.29) is 0 Å². The molecule has 0 spiro atoms. The lowest BCUT2D eigenvalue weighted by Gasteiger charge is -2.14. The minimum absolute atomic E-state index is 1.10. The first kappa shape index (κ1) is 13.6. The summed E-state index contributed by atoms with van der Waals surface area (Å²) in [6.45, 7) is 0. The van der Waals surface area contributed by atoms with Gasteiger partial charge in [0.05, 0.1) is 10.2 Å². The maximum Gasteiger partial charge on any atom is 0.0729 e. The first-order valence-electron chi connectivity index (χ1n) is 6.98. The predicted molar refractivity (Wildman–Crippen MR) is 91.0 cm³/mol. The van der Waals surface area contributed by atoms with Crippen LogP contribution in [0.1, 0.15) is 16.7 Å². The van der Waals surface area contributed by atoms with E-state index in [1.54, 1.807) is 0 Å². The Bertz CT molecular complexity index is 687. The van der Waals surface area contributed by atoms with Gasteiger partial charge in [0.2, 0.25) is 0 Å². The third kappa shape index (κ3) is 3.04. The molecule has 0 nitrogen and oxygen atoms in total. The monoisotopic (exact) mass is 283 g/mol. The molecular formula is C20H15Si. The fourth-order valence-corrected chi connectivity index (χ4v) is 2.87. The van der Waals surface area contributed by atoms with Gasteiger partial charge in [0.15, 0.2) is 0 Å². The lowest BCUT2D eigenvalue weighted by molar-refractivity contribution is 1.54. The van der Waals surface area contributed by atoms with Crippen molar-refractivity contribution in [2.24, 2.45) is 0 Å². The topological polar surface area (TPSA) is 0 Å². The van der Waals surface area contributed by atoms with Gasteiger partial charge in [-0.25, -0.2) is 0 Å². The zero-order chi connectivity index (χ0) is 14.5. The highest BCUT2D eigenvalue weighted by Crippen LogP contribution is 2.30. The van der Waals surface area contributed by atoms with Crippen LogP contribution in [-0.2, 0) is 0 Å². The maximum atomic E-state index is 3.87. The van der Waals surface area contributed by atoms with Crippen molar-refractivity contribution >= 4 is 21.0 Å². The van der Waals surface area contributed by atoms with Gasteiger partial charge in [-0.05, 0) is 22.3 Å². The fourth-order valence-electron chi connectivity index (χ4n) is 2.41. The molecule has 1 heteroatoms. The second kappa shape index (κ2) is 6.38. The quantitative estimate of drug-likeness (QED) is 0.480. The molecule has 0 saturated carbocycles. The SMILES string of the molecule is [Si]C(=C(c1ccccc1)c1ccccc1)c1ccccc1. The first-order chi connectivity index (χ1) is 10.4. The molecule has 3 rings (SSSR count). The molecule has 21 heavy (non-hydrogen) atoms. The minimum atomic E-state index is 1.10. The van der Waals surface area contributed by atoms with Gasteiger partial charge in [-0.3, -0.25) is 0 Å². The van der Waals surface area contributed by atoms with Crippen molar-refractivity contribution < 1.29 is 0 Å². The van der Waals surface area contributed by atoms with E-state index in [2.05, 4.69) is 83.0 Å². The molecule has 0 N–H and O–H groups in total. The number of hydrogen-bond acceptors (Lipinski definition) is 0. The number of benzene rings is 3. The Morgan fingerprint density at radius 2 is 0.810 bits per heavy atom. The molecule has 3 aromatic rings. The highest BCUT2D eigenvalue weighted by Gasteiger charge is 2.09. The van der Waals surface area contributed by atoms with Gasteiger partial charge in [-0.1, -0.05) is 96.2 Å². The van der Waals surface area contributed by atoms with Crippen molar-refractivity contribution in [3.63, 3.8) is 0 Å². The van der Waals surface area contributed by atoms with Crippen molar-refractivity contribution in [3.8, 4) is 0 Å². The molecule has 0 aliphatic carbocycles. The van der Waals surface area contributed by atoms with Crippen LogP contribution >= 0.6 is 0 Å². The van der Waals surface area contributed by atoms with E-state index in [1.165, 1.54) is 22.3 Å². The molecule has 0 saturated heterocycles. The van der Waals surface area contributed by atoms with E-state index < -0.39 is 0 Å². The Kier molecular flexibility index (Phi) is 4.13. The van der Waals surface area contributed by atoms with E-state index in [9.17, 15) is 0 Å². The van der Waals surface area contributed by atoms with Crippen molar-refractivity contribution in [2.75, 3.05) is 0 Å². The molecule has 0 unspecified atom stereocenters. The Labute approximate surface area is 129 Å². The van der Waals surface area contributed by atoms with Crippen LogP contribution in [0, 0.1) is 0 Å². The molecular weight excluding hydrogens is 268 g/mol. The largest absolute Gasteiger partial charge is 0.0729 e. The summed E-state index contributed by atoms with van der Waals surface area (Å²) in [5, 5.41) is 1.10. The van der Waals surface area contributed by atoms with Gasteiger partial charge >= 0.3 is 0 Å². The molecule has 0 aliphatic heterocycles. The Morgan fingerprint density at radius 1 is 0.476 bits per heavy atom. The average Bonchev–Trinajstić information content (AvgIpc) is 2.58. The lowest BCUT2D eigenvalue weighted by atomic mass is 9.95. The van der Waals surface area contributed by atoms with Crippen LogP contribution < -0.4 is 0 Å². The summed E-state index contributed by atoms with van der Waals surface area (Å²) < 4.78 is 0. The highest BCUT2D eigenvalue weighted by atomic mass is 28.1.